The van der Waals surface area contributed by atoms with Gasteiger partial charge in [0.25, 0.3) is 0 Å². The maximum Gasteiger partial charge on any atom is 0.240 e. The van der Waals surface area contributed by atoms with E-state index < -0.39 is 5.54 Å². The predicted molar refractivity (Wildman–Crippen MR) is 104 cm³/mol. The Labute approximate surface area is 152 Å². The molecule has 4 heteroatoms. The van der Waals surface area contributed by atoms with Gasteiger partial charge in [-0.3, -0.25) is 4.79 Å². The number of amides is 1. The molecule has 0 bridgehead atoms. The molecule has 1 saturated heterocycles. The van der Waals surface area contributed by atoms with Crippen LogP contribution >= 0.6 is 0 Å². The normalized spacial score (nSPS) is 21.4. The van der Waals surface area contributed by atoms with Crippen molar-refractivity contribution in [2.75, 3.05) is 18.0 Å². The van der Waals surface area contributed by atoms with Gasteiger partial charge in [-0.25, -0.2) is 0 Å². The molecule has 0 radical (unpaired) electrons. The highest BCUT2D eigenvalue weighted by atomic mass is 16.2. The second-order valence-electron chi connectivity index (χ2n) is 8.89. The fourth-order valence-electron chi connectivity index (χ4n) is 4.02. The summed E-state index contributed by atoms with van der Waals surface area (Å²) in [4.78, 5) is 14.9. The van der Waals surface area contributed by atoms with Gasteiger partial charge in [0.1, 0.15) is 0 Å². The summed E-state index contributed by atoms with van der Waals surface area (Å²) in [5.41, 5.74) is 8.49. The van der Waals surface area contributed by atoms with E-state index in [9.17, 15) is 4.79 Å². The Morgan fingerprint density at radius 2 is 1.68 bits per heavy atom. The molecular formula is C21H33N3O. The quantitative estimate of drug-likeness (QED) is 0.885. The molecule has 3 rings (SSSR count). The van der Waals surface area contributed by atoms with Crippen molar-refractivity contribution in [2.45, 2.75) is 76.3 Å². The maximum absolute atomic E-state index is 12.5. The lowest BCUT2D eigenvalue weighted by Gasteiger charge is -2.35. The van der Waals surface area contributed by atoms with Crippen LogP contribution in [0, 0.1) is 0 Å². The average Bonchev–Trinajstić information content (AvgIpc) is 3.03. The van der Waals surface area contributed by atoms with Gasteiger partial charge in [-0.05, 0) is 48.8 Å². The molecule has 2 fully saturated rings. The first-order chi connectivity index (χ1) is 11.8. The summed E-state index contributed by atoms with van der Waals surface area (Å²) < 4.78 is 0. The van der Waals surface area contributed by atoms with E-state index in [0.717, 1.165) is 51.6 Å². The summed E-state index contributed by atoms with van der Waals surface area (Å²) in [5, 5.41) is 3.21. The molecule has 1 heterocycles. The predicted octanol–water partition coefficient (Wildman–Crippen LogP) is 3.34. The van der Waals surface area contributed by atoms with Gasteiger partial charge in [0.15, 0.2) is 0 Å². The summed E-state index contributed by atoms with van der Waals surface area (Å²) in [6.45, 7) is 8.69. The van der Waals surface area contributed by atoms with Gasteiger partial charge in [0.05, 0.1) is 5.54 Å². The van der Waals surface area contributed by atoms with Crippen molar-refractivity contribution in [3.8, 4) is 0 Å². The molecule has 1 amide bonds. The monoisotopic (exact) mass is 343 g/mol. The van der Waals surface area contributed by atoms with Gasteiger partial charge in [0, 0.05) is 24.8 Å². The minimum atomic E-state index is -0.611. The number of carbonyl (C=O) groups is 1. The van der Waals surface area contributed by atoms with Crippen molar-refractivity contribution < 1.29 is 4.79 Å². The van der Waals surface area contributed by atoms with E-state index in [0.29, 0.717) is 0 Å². The van der Waals surface area contributed by atoms with E-state index in [4.69, 9.17) is 5.73 Å². The minimum Gasteiger partial charge on any atom is -0.371 e. The number of piperidine rings is 1. The van der Waals surface area contributed by atoms with Crippen LogP contribution in [-0.2, 0) is 10.2 Å². The van der Waals surface area contributed by atoms with Gasteiger partial charge in [0.2, 0.25) is 5.91 Å². The van der Waals surface area contributed by atoms with Crippen molar-refractivity contribution in [3.05, 3.63) is 29.8 Å². The van der Waals surface area contributed by atoms with Crippen LogP contribution in [0.5, 0.6) is 0 Å². The summed E-state index contributed by atoms with van der Waals surface area (Å²) in [6, 6.07) is 9.20. The topological polar surface area (TPSA) is 58.4 Å². The summed E-state index contributed by atoms with van der Waals surface area (Å²) >= 11 is 0. The molecule has 138 valence electrons. The third kappa shape index (κ3) is 4.17. The Morgan fingerprint density at radius 3 is 2.20 bits per heavy atom. The van der Waals surface area contributed by atoms with E-state index >= 15 is 0 Å². The number of carbonyl (C=O) groups excluding carboxylic acids is 1. The lowest BCUT2D eigenvalue weighted by molar-refractivity contribution is -0.127. The first-order valence-corrected chi connectivity index (χ1v) is 9.73. The molecule has 1 aromatic carbocycles. The zero-order chi connectivity index (χ0) is 18.1. The molecule has 2 aliphatic rings. The zero-order valence-corrected chi connectivity index (χ0v) is 16.0. The Morgan fingerprint density at radius 1 is 1.12 bits per heavy atom. The standard InChI is InChI=1S/C21H33N3O/c1-20(2,3)16-6-8-18(9-7-16)24-14-10-17(11-15-24)23-19(25)21(22)12-4-5-13-21/h6-9,17H,4-5,10-15,22H2,1-3H3,(H,23,25). The second kappa shape index (κ2) is 6.99. The van der Waals surface area contributed by atoms with Crippen LogP contribution in [0.15, 0.2) is 24.3 Å². The fraction of sp³-hybridized carbons (Fsp3) is 0.667. The van der Waals surface area contributed by atoms with Crippen LogP contribution in [0.2, 0.25) is 0 Å². The smallest absolute Gasteiger partial charge is 0.240 e. The first-order valence-electron chi connectivity index (χ1n) is 9.73. The molecule has 3 N–H and O–H groups in total. The Balaban J connectivity index is 1.52. The molecule has 25 heavy (non-hydrogen) atoms. The van der Waals surface area contributed by atoms with E-state index in [1.165, 1.54) is 11.3 Å². The van der Waals surface area contributed by atoms with Gasteiger partial charge in [-0.2, -0.15) is 0 Å². The molecule has 1 aliphatic heterocycles. The van der Waals surface area contributed by atoms with Crippen LogP contribution in [0.1, 0.15) is 64.9 Å². The van der Waals surface area contributed by atoms with E-state index in [2.05, 4.69) is 55.3 Å². The number of nitrogens with zero attached hydrogens (tertiary/aromatic N) is 1. The number of hydrogen-bond donors (Lipinski definition) is 2. The maximum atomic E-state index is 12.5. The third-order valence-corrected chi connectivity index (χ3v) is 5.88. The van der Waals surface area contributed by atoms with E-state index in [1.807, 2.05) is 0 Å². The Hall–Kier alpha value is -1.55. The van der Waals surface area contributed by atoms with E-state index in [-0.39, 0.29) is 17.4 Å². The molecule has 4 nitrogen and oxygen atoms in total. The van der Waals surface area contributed by atoms with Crippen LogP contribution in [0.25, 0.3) is 0 Å². The summed E-state index contributed by atoms with van der Waals surface area (Å²) in [6.07, 6.45) is 5.79. The zero-order valence-electron chi connectivity index (χ0n) is 16.0. The van der Waals surface area contributed by atoms with Crippen molar-refractivity contribution in [1.29, 1.82) is 0 Å². The van der Waals surface area contributed by atoms with Gasteiger partial charge in [-0.15, -0.1) is 0 Å². The number of nitrogens with two attached hydrogens (primary N) is 1. The van der Waals surface area contributed by atoms with Crippen molar-refractivity contribution in [2.24, 2.45) is 5.73 Å². The Kier molecular flexibility index (Phi) is 5.10. The SMILES string of the molecule is CC(C)(C)c1ccc(N2CCC(NC(=O)C3(N)CCCC3)CC2)cc1. The minimum absolute atomic E-state index is 0.0676. The molecular weight excluding hydrogens is 310 g/mol. The largest absolute Gasteiger partial charge is 0.371 e. The van der Waals surface area contributed by atoms with Crippen LogP contribution < -0.4 is 16.0 Å². The molecule has 1 aliphatic carbocycles. The number of nitrogens with one attached hydrogen (secondary N) is 1. The highest BCUT2D eigenvalue weighted by Gasteiger charge is 2.38. The van der Waals surface area contributed by atoms with Crippen LogP contribution in [-0.4, -0.2) is 30.6 Å². The average molecular weight is 344 g/mol. The number of benzene rings is 1. The molecule has 0 aromatic heterocycles. The Bertz CT molecular complexity index is 589. The van der Waals surface area contributed by atoms with Crippen LogP contribution in [0.3, 0.4) is 0 Å². The molecule has 1 saturated carbocycles. The second-order valence-corrected chi connectivity index (χ2v) is 8.89. The number of rotatable bonds is 3. The third-order valence-electron chi connectivity index (χ3n) is 5.88. The van der Waals surface area contributed by atoms with Gasteiger partial charge in [-0.1, -0.05) is 45.7 Å². The van der Waals surface area contributed by atoms with Gasteiger partial charge < -0.3 is 16.0 Å². The highest BCUT2D eigenvalue weighted by molar-refractivity contribution is 5.86. The van der Waals surface area contributed by atoms with Crippen LogP contribution in [0.4, 0.5) is 5.69 Å². The van der Waals surface area contributed by atoms with Gasteiger partial charge >= 0.3 is 0 Å². The van der Waals surface area contributed by atoms with Crippen molar-refractivity contribution >= 4 is 11.6 Å². The highest BCUT2D eigenvalue weighted by Crippen LogP contribution is 2.29. The molecule has 1 aromatic rings. The van der Waals surface area contributed by atoms with Crippen molar-refractivity contribution in [1.82, 2.24) is 5.32 Å². The number of anilines is 1. The molecule has 0 unspecified atom stereocenters. The number of hydrogen-bond acceptors (Lipinski definition) is 3. The summed E-state index contributed by atoms with van der Waals surface area (Å²) in [7, 11) is 0. The van der Waals surface area contributed by atoms with Crippen molar-refractivity contribution in [3.63, 3.8) is 0 Å². The lowest BCUT2D eigenvalue weighted by Crippen LogP contribution is -2.56. The molecule has 0 atom stereocenters. The lowest BCUT2D eigenvalue weighted by atomic mass is 9.87. The summed E-state index contributed by atoms with van der Waals surface area (Å²) in [5.74, 6) is 0.0676. The van der Waals surface area contributed by atoms with E-state index in [1.54, 1.807) is 0 Å². The fourth-order valence-corrected chi connectivity index (χ4v) is 4.02. The first kappa shape index (κ1) is 18.2. The molecule has 0 spiro atoms.